The van der Waals surface area contributed by atoms with Crippen molar-refractivity contribution in [3.05, 3.63) is 84.9 Å². The molecule has 1 amide bonds. The van der Waals surface area contributed by atoms with Crippen molar-refractivity contribution >= 4 is 37.9 Å². The second-order valence-electron chi connectivity index (χ2n) is 11.9. The van der Waals surface area contributed by atoms with Gasteiger partial charge in [-0.2, -0.15) is 5.10 Å². The lowest BCUT2D eigenvalue weighted by Gasteiger charge is -2.33. The number of benzene rings is 3. The summed E-state index contributed by atoms with van der Waals surface area (Å²) in [5.41, 5.74) is 2.01. The van der Waals surface area contributed by atoms with Crippen LogP contribution in [0.3, 0.4) is 0 Å². The van der Waals surface area contributed by atoms with Crippen LogP contribution in [0.2, 0.25) is 0 Å². The topological polar surface area (TPSA) is 86.4 Å². The van der Waals surface area contributed by atoms with Gasteiger partial charge in [-0.25, -0.2) is 21.6 Å². The number of piperidine rings is 1. The molecule has 3 heterocycles. The van der Waals surface area contributed by atoms with Gasteiger partial charge in [0.25, 0.3) is 10.0 Å². The number of hydrogen-bond donors (Lipinski definition) is 0. The van der Waals surface area contributed by atoms with Crippen molar-refractivity contribution in [3.63, 3.8) is 0 Å². The van der Waals surface area contributed by atoms with Crippen LogP contribution in [0.5, 0.6) is 0 Å². The lowest BCUT2D eigenvalue weighted by Crippen LogP contribution is -2.42. The average Bonchev–Trinajstić information content (AvgIpc) is 3.53. The Morgan fingerprint density at radius 1 is 1.00 bits per heavy atom. The number of hydrogen-bond acceptors (Lipinski definition) is 5. The molecule has 0 N–H and O–H groups in total. The van der Waals surface area contributed by atoms with Crippen LogP contribution in [-0.2, 0) is 21.3 Å². The summed E-state index contributed by atoms with van der Waals surface area (Å²) in [5, 5.41) is 6.42. The SMILES string of the molecule is CC(C)(C)OC(=O)N1CCC(Cn2cc3ccc(-c4cn(S(=O)(=O)c5ccccc5)c5cc(F)ccc45)cc3n2)CC1. The molecule has 10 heteroatoms. The lowest BCUT2D eigenvalue weighted by molar-refractivity contribution is 0.0177. The number of nitrogens with zero attached hydrogens (tertiary/aromatic N) is 4. The zero-order valence-electron chi connectivity index (χ0n) is 23.8. The lowest BCUT2D eigenvalue weighted by atomic mass is 9.97. The third-order valence-corrected chi connectivity index (χ3v) is 9.30. The molecule has 42 heavy (non-hydrogen) atoms. The van der Waals surface area contributed by atoms with Crippen molar-refractivity contribution < 1.29 is 22.3 Å². The molecule has 1 aliphatic rings. The molecule has 8 nitrogen and oxygen atoms in total. The Hall–Kier alpha value is -4.18. The first kappa shape index (κ1) is 28.0. The van der Waals surface area contributed by atoms with E-state index in [0.717, 1.165) is 39.8 Å². The maximum absolute atomic E-state index is 14.3. The molecule has 0 bridgehead atoms. The van der Waals surface area contributed by atoms with Crippen molar-refractivity contribution in [2.45, 2.75) is 50.7 Å². The molecule has 0 unspecified atom stereocenters. The predicted octanol–water partition coefficient (Wildman–Crippen LogP) is 6.68. The number of ether oxygens (including phenoxy) is 1. The molecule has 1 saturated heterocycles. The molecule has 1 fully saturated rings. The molecule has 0 radical (unpaired) electrons. The summed E-state index contributed by atoms with van der Waals surface area (Å²) >= 11 is 0. The fraction of sp³-hybridized carbons (Fsp3) is 0.312. The van der Waals surface area contributed by atoms with Gasteiger partial charge >= 0.3 is 6.09 Å². The molecule has 0 saturated carbocycles. The summed E-state index contributed by atoms with van der Waals surface area (Å²) in [6.07, 6.45) is 5.04. The van der Waals surface area contributed by atoms with Crippen molar-refractivity contribution in [2.24, 2.45) is 5.92 Å². The highest BCUT2D eigenvalue weighted by Crippen LogP contribution is 2.35. The van der Waals surface area contributed by atoms with Crippen LogP contribution < -0.4 is 0 Å². The Balaban J connectivity index is 1.26. The van der Waals surface area contributed by atoms with E-state index in [-0.39, 0.29) is 16.5 Å². The summed E-state index contributed by atoms with van der Waals surface area (Å²) in [6, 6.07) is 18.2. The number of amides is 1. The maximum Gasteiger partial charge on any atom is 0.410 e. The van der Waals surface area contributed by atoms with Gasteiger partial charge in [0.15, 0.2) is 0 Å². The molecule has 2 aromatic heterocycles. The van der Waals surface area contributed by atoms with Crippen LogP contribution in [0.25, 0.3) is 32.9 Å². The molecule has 5 aromatic rings. The largest absolute Gasteiger partial charge is 0.444 e. The summed E-state index contributed by atoms with van der Waals surface area (Å²) in [6.45, 7) is 7.66. The monoisotopic (exact) mass is 588 g/mol. The maximum atomic E-state index is 14.3. The highest BCUT2D eigenvalue weighted by molar-refractivity contribution is 7.90. The molecule has 3 aromatic carbocycles. The highest BCUT2D eigenvalue weighted by Gasteiger charge is 2.27. The number of carbonyl (C=O) groups excluding carboxylic acids is 1. The van der Waals surface area contributed by atoms with Gasteiger partial charge in [0, 0.05) is 48.4 Å². The van der Waals surface area contributed by atoms with Crippen molar-refractivity contribution in [3.8, 4) is 11.1 Å². The van der Waals surface area contributed by atoms with E-state index < -0.39 is 21.4 Å². The molecule has 0 spiro atoms. The van der Waals surface area contributed by atoms with Gasteiger partial charge in [-0.3, -0.25) is 4.68 Å². The Morgan fingerprint density at radius 2 is 1.74 bits per heavy atom. The molecule has 0 aliphatic carbocycles. The average molecular weight is 589 g/mol. The number of rotatable bonds is 5. The van der Waals surface area contributed by atoms with Gasteiger partial charge in [0.2, 0.25) is 0 Å². The Labute approximate surface area is 244 Å². The zero-order valence-corrected chi connectivity index (χ0v) is 24.6. The Kier molecular flexibility index (Phi) is 7.04. The third-order valence-electron chi connectivity index (χ3n) is 7.61. The van der Waals surface area contributed by atoms with Crippen LogP contribution >= 0.6 is 0 Å². The summed E-state index contributed by atoms with van der Waals surface area (Å²) in [7, 11) is -3.94. The van der Waals surface area contributed by atoms with E-state index in [1.807, 2.05) is 49.8 Å². The van der Waals surface area contributed by atoms with Crippen molar-refractivity contribution in [1.82, 2.24) is 18.7 Å². The number of likely N-dealkylation sites (tertiary alicyclic amines) is 1. The minimum absolute atomic E-state index is 0.129. The van der Waals surface area contributed by atoms with E-state index in [4.69, 9.17) is 9.84 Å². The normalized spacial score (nSPS) is 15.0. The quantitative estimate of drug-likeness (QED) is 0.229. The number of aromatic nitrogens is 3. The second kappa shape index (κ2) is 10.6. The van der Waals surface area contributed by atoms with Crippen LogP contribution in [-0.4, -0.2) is 51.9 Å². The van der Waals surface area contributed by atoms with Gasteiger partial charge in [-0.15, -0.1) is 0 Å². The Bertz CT molecular complexity index is 1880. The molecule has 1 aliphatic heterocycles. The van der Waals surface area contributed by atoms with Crippen LogP contribution in [0.15, 0.2) is 84.0 Å². The van der Waals surface area contributed by atoms with Gasteiger partial charge < -0.3 is 9.64 Å². The Morgan fingerprint density at radius 3 is 2.45 bits per heavy atom. The standard InChI is InChI=1S/C32H33FN4O4S/c1-32(2,3)41-31(38)35-15-13-22(14-16-35)19-36-20-24-10-9-23(17-29(24)34-36)28-21-37(30-18-25(33)11-12-27(28)30)42(39,40)26-7-5-4-6-8-26/h4-12,17-18,20-22H,13-16,19H2,1-3H3. The van der Waals surface area contributed by atoms with E-state index in [1.54, 1.807) is 35.4 Å². The van der Waals surface area contributed by atoms with E-state index in [2.05, 4.69) is 0 Å². The van der Waals surface area contributed by atoms with E-state index >= 15 is 0 Å². The number of carbonyl (C=O) groups is 1. The molecule has 218 valence electrons. The first-order valence-corrected chi connectivity index (χ1v) is 15.5. The van der Waals surface area contributed by atoms with Gasteiger partial charge in [-0.1, -0.05) is 30.3 Å². The number of fused-ring (bicyclic) bond motifs is 2. The van der Waals surface area contributed by atoms with Crippen molar-refractivity contribution in [1.29, 1.82) is 0 Å². The minimum atomic E-state index is -3.94. The fourth-order valence-corrected chi connectivity index (χ4v) is 6.91. The first-order valence-electron chi connectivity index (χ1n) is 14.0. The second-order valence-corrected chi connectivity index (χ2v) is 13.7. The number of halogens is 1. The molecular weight excluding hydrogens is 555 g/mol. The summed E-state index contributed by atoms with van der Waals surface area (Å²) < 4.78 is 50.0. The zero-order chi connectivity index (χ0) is 29.6. The van der Waals surface area contributed by atoms with Crippen LogP contribution in [0, 0.1) is 11.7 Å². The smallest absolute Gasteiger partial charge is 0.410 e. The minimum Gasteiger partial charge on any atom is -0.444 e. The summed E-state index contributed by atoms with van der Waals surface area (Å²) in [5.74, 6) is -0.128. The molecule has 0 atom stereocenters. The van der Waals surface area contributed by atoms with E-state index in [1.165, 1.54) is 24.3 Å². The van der Waals surface area contributed by atoms with Crippen LogP contribution in [0.4, 0.5) is 9.18 Å². The van der Waals surface area contributed by atoms with Crippen molar-refractivity contribution in [2.75, 3.05) is 13.1 Å². The molecule has 6 rings (SSSR count). The van der Waals surface area contributed by atoms with Crippen LogP contribution in [0.1, 0.15) is 33.6 Å². The van der Waals surface area contributed by atoms with Gasteiger partial charge in [-0.05, 0) is 81.5 Å². The van der Waals surface area contributed by atoms with Gasteiger partial charge in [0.1, 0.15) is 11.4 Å². The fourth-order valence-electron chi connectivity index (χ4n) is 5.52. The summed E-state index contributed by atoms with van der Waals surface area (Å²) in [4.78, 5) is 14.3. The highest BCUT2D eigenvalue weighted by atomic mass is 32.2. The van der Waals surface area contributed by atoms with Gasteiger partial charge in [0.05, 0.1) is 15.9 Å². The molecular formula is C32H33FN4O4S. The van der Waals surface area contributed by atoms with E-state index in [0.29, 0.717) is 30.0 Å². The third kappa shape index (κ3) is 5.51. The first-order chi connectivity index (χ1) is 20.0. The predicted molar refractivity (Wildman–Crippen MR) is 160 cm³/mol. The van der Waals surface area contributed by atoms with E-state index in [9.17, 15) is 17.6 Å².